The molecule has 2 rings (SSSR count). The predicted octanol–water partition coefficient (Wildman–Crippen LogP) is 6.00. The maximum Gasteiger partial charge on any atom is 0.560 e. The van der Waals surface area contributed by atoms with Crippen molar-refractivity contribution in [3.05, 3.63) is 29.8 Å². The van der Waals surface area contributed by atoms with Crippen LogP contribution in [0.4, 0.5) is 0 Å². The van der Waals surface area contributed by atoms with Gasteiger partial charge in [-0.25, -0.2) is 9.45 Å². The van der Waals surface area contributed by atoms with Gasteiger partial charge in [0.2, 0.25) is 0 Å². The average Bonchev–Trinajstić information content (AvgIpc) is 2.87. The number of rotatable bonds is 13. The molecule has 1 saturated heterocycles. The van der Waals surface area contributed by atoms with Crippen LogP contribution in [0.5, 0.6) is 5.75 Å². The molecule has 1 unspecified atom stereocenters. The van der Waals surface area contributed by atoms with Crippen LogP contribution >= 0.6 is 7.82 Å². The third-order valence-electron chi connectivity index (χ3n) is 4.79. The minimum atomic E-state index is -4.38. The van der Waals surface area contributed by atoms with Crippen molar-refractivity contribution in [2.45, 2.75) is 77.6 Å². The molecule has 202 valence electrons. The first kappa shape index (κ1) is 30.0. The number of aryl methyl sites for hydroxylation is 1. The van der Waals surface area contributed by atoms with E-state index in [9.17, 15) is 4.57 Å². The lowest BCUT2D eigenvalue weighted by Crippen LogP contribution is -2.09. The van der Waals surface area contributed by atoms with Gasteiger partial charge in [0.05, 0.1) is 6.61 Å². The number of hydrogen-bond acceptors (Lipinski definition) is 14. The number of benzene rings is 1. The molecule has 1 aliphatic rings. The van der Waals surface area contributed by atoms with Crippen LogP contribution < -0.4 is 4.52 Å². The van der Waals surface area contributed by atoms with Gasteiger partial charge < -0.3 is 4.52 Å². The molecule has 1 heterocycles. The van der Waals surface area contributed by atoms with Crippen LogP contribution in [0.3, 0.4) is 0 Å². The van der Waals surface area contributed by atoms with Crippen LogP contribution in [0.15, 0.2) is 24.3 Å². The van der Waals surface area contributed by atoms with E-state index in [0.717, 1.165) is 18.4 Å². The van der Waals surface area contributed by atoms with E-state index in [0.29, 0.717) is 6.42 Å². The van der Waals surface area contributed by atoms with E-state index in [1.54, 1.807) is 12.1 Å². The molecule has 0 aromatic heterocycles. The standard InChI is InChI=1S/C20H33O14P/c1-2-3-4-5-6-7-8-9-10-11-14-19-15-12-13-16-20(19)24-35(21)23-18-17-22-25-26-27-28-29-30-31-32-33-34-35/h12-13,15-16H,2-11,14,17-18H2,1H3. The van der Waals surface area contributed by atoms with Crippen molar-refractivity contribution in [2.75, 3.05) is 13.2 Å². The summed E-state index contributed by atoms with van der Waals surface area (Å²) in [5.41, 5.74) is 0.821. The minimum Gasteiger partial charge on any atom is -0.402 e. The van der Waals surface area contributed by atoms with Gasteiger partial charge in [-0.05, 0) is 69.8 Å². The van der Waals surface area contributed by atoms with E-state index in [-0.39, 0.29) is 19.0 Å². The van der Waals surface area contributed by atoms with Crippen molar-refractivity contribution in [1.29, 1.82) is 0 Å². The highest BCUT2D eigenvalue weighted by atomic mass is 31.2. The Morgan fingerprint density at radius 2 is 1.29 bits per heavy atom. The van der Waals surface area contributed by atoms with Crippen molar-refractivity contribution < 1.29 is 68.5 Å². The smallest absolute Gasteiger partial charge is 0.402 e. The first-order valence-electron chi connectivity index (χ1n) is 11.6. The van der Waals surface area contributed by atoms with Gasteiger partial charge in [0.25, 0.3) is 0 Å². The minimum absolute atomic E-state index is 0.283. The summed E-state index contributed by atoms with van der Waals surface area (Å²) in [5, 5.41) is 35.1. The Kier molecular flexibility index (Phi) is 17.1. The molecular formula is C20H33O14P. The third kappa shape index (κ3) is 14.8. The van der Waals surface area contributed by atoms with Gasteiger partial charge in [-0.2, -0.15) is 0 Å². The third-order valence-corrected chi connectivity index (χ3v) is 5.95. The quantitative estimate of drug-likeness (QED) is 0.168. The zero-order valence-corrected chi connectivity index (χ0v) is 20.6. The summed E-state index contributed by atoms with van der Waals surface area (Å²) in [7, 11) is -4.38. The number of phosphoric ester groups is 1. The molecule has 1 aromatic carbocycles. The van der Waals surface area contributed by atoms with Crippen molar-refractivity contribution in [1.82, 2.24) is 0 Å². The van der Waals surface area contributed by atoms with Gasteiger partial charge in [0, 0.05) is 0 Å². The molecule has 1 aromatic rings. The van der Waals surface area contributed by atoms with E-state index in [2.05, 4.69) is 61.8 Å². The van der Waals surface area contributed by atoms with E-state index >= 15 is 0 Å². The molecule has 0 aliphatic carbocycles. The fraction of sp³-hybridized carbons (Fsp3) is 0.700. The second-order valence-electron chi connectivity index (χ2n) is 7.42. The number of hydrogen-bond donors (Lipinski definition) is 0. The lowest BCUT2D eigenvalue weighted by molar-refractivity contribution is -0.852. The number of unbranched alkanes of at least 4 members (excludes halogenated alkanes) is 9. The summed E-state index contributed by atoms with van der Waals surface area (Å²) < 4.78 is 28.2. The maximum atomic E-state index is 13.0. The fourth-order valence-corrected chi connectivity index (χ4v) is 4.09. The molecule has 0 spiro atoms. The second-order valence-corrected chi connectivity index (χ2v) is 8.90. The Morgan fingerprint density at radius 1 is 0.714 bits per heavy atom. The Morgan fingerprint density at radius 3 is 1.97 bits per heavy atom. The Labute approximate surface area is 203 Å². The molecule has 0 radical (unpaired) electrons. The number of para-hydroxylation sites is 1. The normalized spacial score (nSPS) is 21.2. The SMILES string of the molecule is CCCCCCCCCCCCc1ccccc1OP1(=O)OCCOOOOOOOOOOO1. The van der Waals surface area contributed by atoms with Crippen LogP contribution in [0.2, 0.25) is 0 Å². The Hall–Kier alpha value is -1.23. The first-order chi connectivity index (χ1) is 17.2. The van der Waals surface area contributed by atoms with Gasteiger partial charge in [-0.15, -0.1) is 0 Å². The van der Waals surface area contributed by atoms with E-state index in [1.807, 2.05) is 12.1 Å². The lowest BCUT2D eigenvalue weighted by atomic mass is 10.0. The molecule has 15 heteroatoms. The zero-order valence-electron chi connectivity index (χ0n) is 19.7. The highest BCUT2D eigenvalue weighted by Crippen LogP contribution is 2.50. The van der Waals surface area contributed by atoms with Crippen molar-refractivity contribution in [3.8, 4) is 5.75 Å². The first-order valence-corrected chi connectivity index (χ1v) is 13.0. The Balaban J connectivity index is 1.79. The molecule has 0 saturated carbocycles. The summed E-state index contributed by atoms with van der Waals surface area (Å²) >= 11 is 0. The molecule has 0 bridgehead atoms. The lowest BCUT2D eigenvalue weighted by Gasteiger charge is -2.18. The molecule has 1 aliphatic heterocycles. The van der Waals surface area contributed by atoms with E-state index in [4.69, 9.17) is 9.05 Å². The average molecular weight is 528 g/mol. The van der Waals surface area contributed by atoms with Crippen molar-refractivity contribution in [3.63, 3.8) is 0 Å². The summed E-state index contributed by atoms with van der Waals surface area (Å²) in [6.45, 7) is 1.61. The van der Waals surface area contributed by atoms with Gasteiger partial charge >= 0.3 is 7.82 Å². The fourth-order valence-electron chi connectivity index (χ4n) is 3.15. The van der Waals surface area contributed by atoms with Crippen LogP contribution in [-0.4, -0.2) is 13.2 Å². The molecular weight excluding hydrogens is 495 g/mol. The van der Waals surface area contributed by atoms with Gasteiger partial charge in [-0.3, -0.25) is 4.52 Å². The summed E-state index contributed by atoms with van der Waals surface area (Å²) in [4.78, 5) is 4.51. The molecule has 0 amide bonds. The van der Waals surface area contributed by atoms with Gasteiger partial charge in [0.15, 0.2) is 0 Å². The highest BCUT2D eigenvalue weighted by molar-refractivity contribution is 7.48. The highest BCUT2D eigenvalue weighted by Gasteiger charge is 2.32. The molecule has 0 N–H and O–H groups in total. The predicted molar refractivity (Wildman–Crippen MR) is 113 cm³/mol. The Bertz CT molecular complexity index is 674. The van der Waals surface area contributed by atoms with Crippen LogP contribution in [-0.2, 0) is 70.4 Å². The maximum absolute atomic E-state index is 13.0. The van der Waals surface area contributed by atoms with Crippen LogP contribution in [0.25, 0.3) is 0 Å². The van der Waals surface area contributed by atoms with Crippen LogP contribution in [0, 0.1) is 0 Å². The molecule has 1 atom stereocenters. The van der Waals surface area contributed by atoms with Crippen molar-refractivity contribution in [2.24, 2.45) is 0 Å². The molecule has 14 nitrogen and oxygen atoms in total. The van der Waals surface area contributed by atoms with Crippen molar-refractivity contribution >= 4 is 7.82 Å². The summed E-state index contributed by atoms with van der Waals surface area (Å²) in [5.74, 6) is 0.288. The topological polar surface area (TPSA) is 137 Å². The zero-order chi connectivity index (χ0) is 24.9. The molecule has 35 heavy (non-hydrogen) atoms. The van der Waals surface area contributed by atoms with Crippen LogP contribution in [0.1, 0.15) is 76.7 Å². The monoisotopic (exact) mass is 528 g/mol. The summed E-state index contributed by atoms with van der Waals surface area (Å²) in [6, 6.07) is 7.07. The van der Waals surface area contributed by atoms with Gasteiger partial charge in [-0.1, -0.05) is 87.6 Å². The van der Waals surface area contributed by atoms with Gasteiger partial charge in [0.1, 0.15) is 12.4 Å². The summed E-state index contributed by atoms with van der Waals surface area (Å²) in [6.07, 6.45) is 12.9. The van der Waals surface area contributed by atoms with E-state index in [1.165, 1.54) is 51.4 Å². The largest absolute Gasteiger partial charge is 0.560 e. The van der Waals surface area contributed by atoms with E-state index < -0.39 is 7.82 Å². The second kappa shape index (κ2) is 19.9. The molecule has 1 fully saturated rings. The number of phosphoric acid groups is 1.